The summed E-state index contributed by atoms with van der Waals surface area (Å²) < 4.78 is 11.9. The third-order valence-corrected chi connectivity index (χ3v) is 7.28. The Hall–Kier alpha value is -0.340. The van der Waals surface area contributed by atoms with Crippen LogP contribution in [0.2, 0.25) is 0 Å². The monoisotopic (exact) mass is 362 g/mol. The van der Waals surface area contributed by atoms with Crippen molar-refractivity contribution < 1.29 is 9.47 Å². The van der Waals surface area contributed by atoms with Crippen LogP contribution in [0.15, 0.2) is 12.2 Å². The van der Waals surface area contributed by atoms with Gasteiger partial charge in [0.15, 0.2) is 0 Å². The lowest BCUT2D eigenvalue weighted by molar-refractivity contribution is -0.00857. The van der Waals surface area contributed by atoms with Crippen molar-refractivity contribution in [1.82, 2.24) is 0 Å². The van der Waals surface area contributed by atoms with Crippen LogP contribution in [0.25, 0.3) is 0 Å². The molecule has 26 heavy (non-hydrogen) atoms. The van der Waals surface area contributed by atoms with Crippen molar-refractivity contribution >= 4 is 0 Å². The predicted molar refractivity (Wildman–Crippen MR) is 109 cm³/mol. The van der Waals surface area contributed by atoms with E-state index < -0.39 is 0 Å². The fourth-order valence-electron chi connectivity index (χ4n) is 5.61. The third-order valence-electron chi connectivity index (χ3n) is 7.28. The van der Waals surface area contributed by atoms with Crippen LogP contribution >= 0.6 is 0 Å². The zero-order chi connectivity index (χ0) is 18.2. The van der Waals surface area contributed by atoms with Gasteiger partial charge in [-0.25, -0.2) is 0 Å². The number of allylic oxidation sites excluding steroid dienone is 1. The van der Waals surface area contributed by atoms with Gasteiger partial charge >= 0.3 is 0 Å². The molecule has 2 saturated carbocycles. The Bertz CT molecular complexity index is 394. The molecule has 3 aliphatic rings. The Morgan fingerprint density at radius 3 is 1.96 bits per heavy atom. The molecule has 0 N–H and O–H groups in total. The van der Waals surface area contributed by atoms with Gasteiger partial charge in [0.25, 0.3) is 0 Å². The van der Waals surface area contributed by atoms with E-state index >= 15 is 0 Å². The SMILES string of the molecule is CCCC1CCC(/C=C/C2CCC(C3CCC(OCC)CC3)CC2)CO1. The molecule has 0 bridgehead atoms. The minimum atomic E-state index is 0.540. The molecule has 2 heteroatoms. The van der Waals surface area contributed by atoms with Gasteiger partial charge in [-0.3, -0.25) is 0 Å². The van der Waals surface area contributed by atoms with Gasteiger partial charge in [-0.05, 0) is 95.3 Å². The summed E-state index contributed by atoms with van der Waals surface area (Å²) in [6, 6.07) is 0. The van der Waals surface area contributed by atoms with Gasteiger partial charge in [-0.1, -0.05) is 25.5 Å². The average molecular weight is 363 g/mol. The highest BCUT2D eigenvalue weighted by Gasteiger charge is 2.30. The van der Waals surface area contributed by atoms with Crippen molar-refractivity contribution in [1.29, 1.82) is 0 Å². The van der Waals surface area contributed by atoms with Crippen molar-refractivity contribution in [3.63, 3.8) is 0 Å². The van der Waals surface area contributed by atoms with E-state index in [2.05, 4.69) is 26.0 Å². The van der Waals surface area contributed by atoms with Crippen LogP contribution in [0.3, 0.4) is 0 Å². The van der Waals surface area contributed by atoms with Crippen molar-refractivity contribution in [2.75, 3.05) is 13.2 Å². The van der Waals surface area contributed by atoms with Gasteiger partial charge in [-0.15, -0.1) is 0 Å². The third kappa shape index (κ3) is 6.09. The van der Waals surface area contributed by atoms with E-state index in [1.165, 1.54) is 77.0 Å². The van der Waals surface area contributed by atoms with Gasteiger partial charge in [0.05, 0.1) is 18.8 Å². The first kappa shape index (κ1) is 20.4. The van der Waals surface area contributed by atoms with Gasteiger partial charge < -0.3 is 9.47 Å². The van der Waals surface area contributed by atoms with E-state index in [0.29, 0.717) is 18.1 Å². The molecule has 0 aromatic carbocycles. The minimum Gasteiger partial charge on any atom is -0.379 e. The summed E-state index contributed by atoms with van der Waals surface area (Å²) >= 11 is 0. The molecule has 1 saturated heterocycles. The molecule has 0 amide bonds. The molecule has 1 aliphatic heterocycles. The van der Waals surface area contributed by atoms with Crippen LogP contribution in [0.5, 0.6) is 0 Å². The first-order valence-corrected chi connectivity index (χ1v) is 11.7. The molecule has 2 atom stereocenters. The first-order chi connectivity index (χ1) is 12.8. The molecule has 0 aromatic rings. The number of rotatable bonds is 7. The van der Waals surface area contributed by atoms with E-state index in [-0.39, 0.29) is 0 Å². The van der Waals surface area contributed by atoms with E-state index in [1.807, 2.05) is 0 Å². The van der Waals surface area contributed by atoms with Crippen molar-refractivity contribution in [3.05, 3.63) is 12.2 Å². The van der Waals surface area contributed by atoms with E-state index in [9.17, 15) is 0 Å². The van der Waals surface area contributed by atoms with E-state index in [0.717, 1.165) is 31.0 Å². The van der Waals surface area contributed by atoms with Crippen molar-refractivity contribution in [3.8, 4) is 0 Å². The first-order valence-electron chi connectivity index (χ1n) is 11.7. The Balaban J connectivity index is 1.33. The Morgan fingerprint density at radius 1 is 0.769 bits per heavy atom. The molecule has 0 radical (unpaired) electrons. The maximum atomic E-state index is 6.03. The second-order valence-corrected chi connectivity index (χ2v) is 9.13. The summed E-state index contributed by atoms with van der Waals surface area (Å²) in [5.74, 6) is 3.49. The summed E-state index contributed by atoms with van der Waals surface area (Å²) in [5, 5.41) is 0. The molecule has 0 spiro atoms. The molecule has 0 aromatic heterocycles. The lowest BCUT2D eigenvalue weighted by atomic mass is 9.70. The molecule has 1 heterocycles. The Labute approximate surface area is 162 Å². The summed E-state index contributed by atoms with van der Waals surface area (Å²) in [6.45, 7) is 6.23. The molecule has 3 fully saturated rings. The van der Waals surface area contributed by atoms with Gasteiger partial charge in [-0.2, -0.15) is 0 Å². The number of ether oxygens (including phenoxy) is 2. The van der Waals surface area contributed by atoms with Gasteiger partial charge in [0.1, 0.15) is 0 Å². The smallest absolute Gasteiger partial charge is 0.0575 e. The predicted octanol–water partition coefficient (Wildman–Crippen LogP) is 6.54. The van der Waals surface area contributed by atoms with E-state index in [1.54, 1.807) is 0 Å². The maximum Gasteiger partial charge on any atom is 0.0575 e. The summed E-state index contributed by atoms with van der Waals surface area (Å²) in [5.41, 5.74) is 0. The fraction of sp³-hybridized carbons (Fsp3) is 0.917. The number of hydrogen-bond donors (Lipinski definition) is 0. The second-order valence-electron chi connectivity index (χ2n) is 9.13. The highest BCUT2D eigenvalue weighted by molar-refractivity contribution is 4.96. The summed E-state index contributed by atoms with van der Waals surface area (Å²) in [6.07, 6.45) is 22.4. The lowest BCUT2D eigenvalue weighted by Crippen LogP contribution is -2.28. The maximum absolute atomic E-state index is 6.03. The van der Waals surface area contributed by atoms with E-state index in [4.69, 9.17) is 9.47 Å². The van der Waals surface area contributed by atoms with Crippen molar-refractivity contribution in [2.45, 2.75) is 103 Å². The lowest BCUT2D eigenvalue weighted by Gasteiger charge is -2.37. The zero-order valence-corrected chi connectivity index (χ0v) is 17.3. The van der Waals surface area contributed by atoms with Crippen LogP contribution < -0.4 is 0 Å². The quantitative estimate of drug-likeness (QED) is 0.479. The van der Waals surface area contributed by atoms with Crippen LogP contribution in [-0.4, -0.2) is 25.4 Å². The fourth-order valence-corrected chi connectivity index (χ4v) is 5.61. The molecule has 3 rings (SSSR count). The molecular weight excluding hydrogens is 320 g/mol. The molecule has 2 aliphatic carbocycles. The normalized spacial score (nSPS) is 39.3. The van der Waals surface area contributed by atoms with Crippen molar-refractivity contribution in [2.24, 2.45) is 23.7 Å². The average Bonchev–Trinajstić information content (AvgIpc) is 2.69. The largest absolute Gasteiger partial charge is 0.379 e. The van der Waals surface area contributed by atoms with Crippen LogP contribution in [0.1, 0.15) is 90.9 Å². The molecule has 2 unspecified atom stereocenters. The zero-order valence-electron chi connectivity index (χ0n) is 17.3. The highest BCUT2D eigenvalue weighted by Crippen LogP contribution is 2.41. The minimum absolute atomic E-state index is 0.540. The van der Waals surface area contributed by atoms with Gasteiger partial charge in [0.2, 0.25) is 0 Å². The van der Waals surface area contributed by atoms with Gasteiger partial charge in [0, 0.05) is 12.5 Å². The Kier molecular flexibility index (Phi) is 8.52. The Morgan fingerprint density at radius 2 is 1.38 bits per heavy atom. The standard InChI is InChI=1S/C24H42O2/c1-3-5-23-15-10-20(18-26-23)7-6-19-8-11-21(12-9-19)22-13-16-24(17-14-22)25-4-2/h6-7,19-24H,3-5,8-18H2,1-2H3/b7-6+. The number of hydrogen-bond acceptors (Lipinski definition) is 2. The topological polar surface area (TPSA) is 18.5 Å². The molecule has 2 nitrogen and oxygen atoms in total. The molecule has 150 valence electrons. The molecular formula is C24H42O2. The van der Waals surface area contributed by atoms with Crippen LogP contribution in [0.4, 0.5) is 0 Å². The second kappa shape index (κ2) is 10.9. The van der Waals surface area contributed by atoms with Crippen LogP contribution in [-0.2, 0) is 9.47 Å². The summed E-state index contributed by atoms with van der Waals surface area (Å²) in [4.78, 5) is 0. The highest BCUT2D eigenvalue weighted by atomic mass is 16.5. The van der Waals surface area contributed by atoms with Crippen LogP contribution in [0, 0.1) is 23.7 Å². The summed E-state index contributed by atoms with van der Waals surface area (Å²) in [7, 11) is 0.